The monoisotopic (exact) mass is 296 g/mol. The topological polar surface area (TPSA) is 80.1 Å². The van der Waals surface area contributed by atoms with Crippen molar-refractivity contribution in [2.24, 2.45) is 0 Å². The van der Waals surface area contributed by atoms with Crippen molar-refractivity contribution in [3.8, 4) is 0 Å². The van der Waals surface area contributed by atoms with Gasteiger partial charge >= 0.3 is 0 Å². The number of benzene rings is 1. The molecule has 3 aromatic rings. The average Bonchev–Trinajstić information content (AvgIpc) is 2.90. The highest BCUT2D eigenvalue weighted by atomic mass is 16.1. The van der Waals surface area contributed by atoms with Crippen LogP contribution in [0.4, 0.5) is 0 Å². The van der Waals surface area contributed by atoms with E-state index in [9.17, 15) is 9.59 Å². The molecule has 1 aliphatic rings. The number of H-pyrrole nitrogens is 1. The number of rotatable bonds is 3. The fraction of sp³-hybridized carbons (Fsp3) is 0.375. The largest absolute Gasteiger partial charge is 0.317 e. The Bertz CT molecular complexity index is 950. The standard InChI is InChI=1S/C16H16N4O2/c1-2-9-7-13-12(6-11(9)8-21)17-16(22)15-19-18-14(20(13)15)10-4-3-5-10/h6-8,10H,2-5H2,1H3,(H,17,22). The Kier molecular flexibility index (Phi) is 2.85. The van der Waals surface area contributed by atoms with Gasteiger partial charge in [0.2, 0.25) is 5.65 Å². The number of aromatic nitrogens is 4. The van der Waals surface area contributed by atoms with Gasteiger partial charge in [0.15, 0.2) is 0 Å². The van der Waals surface area contributed by atoms with Crippen LogP contribution in [0.15, 0.2) is 16.9 Å². The number of carbonyl (C=O) groups is 1. The molecule has 0 radical (unpaired) electrons. The quantitative estimate of drug-likeness (QED) is 0.751. The summed E-state index contributed by atoms with van der Waals surface area (Å²) < 4.78 is 1.87. The van der Waals surface area contributed by atoms with E-state index in [1.54, 1.807) is 6.07 Å². The van der Waals surface area contributed by atoms with Crippen molar-refractivity contribution in [3.05, 3.63) is 39.4 Å². The summed E-state index contributed by atoms with van der Waals surface area (Å²) in [6.45, 7) is 2.01. The molecule has 0 bridgehead atoms. The number of nitrogens with one attached hydrogen (secondary N) is 1. The minimum atomic E-state index is -0.272. The lowest BCUT2D eigenvalue weighted by Gasteiger charge is -2.23. The Balaban J connectivity index is 2.13. The van der Waals surface area contributed by atoms with Gasteiger partial charge in [-0.15, -0.1) is 10.2 Å². The van der Waals surface area contributed by atoms with Gasteiger partial charge in [0.1, 0.15) is 12.1 Å². The molecule has 2 heterocycles. The minimum Gasteiger partial charge on any atom is -0.317 e. The average molecular weight is 296 g/mol. The van der Waals surface area contributed by atoms with E-state index in [0.29, 0.717) is 22.6 Å². The lowest BCUT2D eigenvalue weighted by Crippen LogP contribution is -2.16. The predicted molar refractivity (Wildman–Crippen MR) is 82.5 cm³/mol. The maximum Gasteiger partial charge on any atom is 0.294 e. The summed E-state index contributed by atoms with van der Waals surface area (Å²) in [5.74, 6) is 1.23. The number of aromatic amines is 1. The molecular formula is C16H16N4O2. The highest BCUT2D eigenvalue weighted by Gasteiger charge is 2.26. The van der Waals surface area contributed by atoms with Crippen molar-refractivity contribution in [2.45, 2.75) is 38.5 Å². The maximum atomic E-state index is 12.2. The van der Waals surface area contributed by atoms with Crippen LogP contribution in [0.2, 0.25) is 0 Å². The van der Waals surface area contributed by atoms with E-state index in [4.69, 9.17) is 0 Å². The number of nitrogens with zero attached hydrogens (tertiary/aromatic N) is 3. The Labute approximate surface area is 126 Å². The van der Waals surface area contributed by atoms with Gasteiger partial charge in [0.25, 0.3) is 5.56 Å². The number of carbonyl (C=O) groups excluding carboxylic acids is 1. The first-order valence-corrected chi connectivity index (χ1v) is 7.62. The normalized spacial score (nSPS) is 15.3. The van der Waals surface area contributed by atoms with Gasteiger partial charge in [-0.2, -0.15) is 0 Å². The van der Waals surface area contributed by atoms with Crippen molar-refractivity contribution < 1.29 is 4.79 Å². The summed E-state index contributed by atoms with van der Waals surface area (Å²) in [6.07, 6.45) is 4.95. The Hall–Kier alpha value is -2.50. The molecule has 1 aliphatic carbocycles. The molecule has 2 aromatic heterocycles. The molecule has 0 aliphatic heterocycles. The first-order valence-electron chi connectivity index (χ1n) is 7.62. The van der Waals surface area contributed by atoms with Gasteiger partial charge in [0, 0.05) is 11.5 Å². The minimum absolute atomic E-state index is 0.272. The zero-order valence-electron chi connectivity index (χ0n) is 12.3. The highest BCUT2D eigenvalue weighted by molar-refractivity contribution is 5.88. The van der Waals surface area contributed by atoms with Gasteiger partial charge in [-0.25, -0.2) is 0 Å². The fourth-order valence-electron chi connectivity index (χ4n) is 3.14. The number of hydrogen-bond donors (Lipinski definition) is 1. The highest BCUT2D eigenvalue weighted by Crippen LogP contribution is 2.36. The molecule has 6 heteroatoms. The predicted octanol–water partition coefficient (Wildman–Crippen LogP) is 2.21. The van der Waals surface area contributed by atoms with E-state index >= 15 is 0 Å². The second-order valence-corrected chi connectivity index (χ2v) is 5.84. The smallest absolute Gasteiger partial charge is 0.294 e. The van der Waals surface area contributed by atoms with Crippen LogP contribution in [0.25, 0.3) is 16.7 Å². The molecule has 0 saturated heterocycles. The number of aryl methyl sites for hydroxylation is 1. The second-order valence-electron chi connectivity index (χ2n) is 5.84. The Morgan fingerprint density at radius 3 is 2.82 bits per heavy atom. The molecule has 1 aromatic carbocycles. The lowest BCUT2D eigenvalue weighted by atomic mass is 9.85. The van der Waals surface area contributed by atoms with Crippen LogP contribution >= 0.6 is 0 Å². The summed E-state index contributed by atoms with van der Waals surface area (Å²) in [5.41, 5.74) is 3.15. The van der Waals surface area contributed by atoms with Crippen LogP contribution in [0.5, 0.6) is 0 Å². The van der Waals surface area contributed by atoms with Crippen LogP contribution in [-0.2, 0) is 6.42 Å². The van der Waals surface area contributed by atoms with Crippen LogP contribution in [0, 0.1) is 0 Å². The molecule has 0 unspecified atom stereocenters. The van der Waals surface area contributed by atoms with Gasteiger partial charge in [-0.3, -0.25) is 14.0 Å². The van der Waals surface area contributed by atoms with Crippen LogP contribution < -0.4 is 5.56 Å². The third-order valence-electron chi connectivity index (χ3n) is 4.62. The molecule has 0 atom stereocenters. The molecule has 1 N–H and O–H groups in total. The van der Waals surface area contributed by atoms with Crippen molar-refractivity contribution in [1.29, 1.82) is 0 Å². The molecule has 1 saturated carbocycles. The number of aldehydes is 1. The molecule has 1 fully saturated rings. The van der Waals surface area contributed by atoms with Crippen LogP contribution in [-0.4, -0.2) is 25.9 Å². The van der Waals surface area contributed by atoms with Crippen molar-refractivity contribution in [1.82, 2.24) is 19.6 Å². The zero-order valence-corrected chi connectivity index (χ0v) is 12.3. The third-order valence-corrected chi connectivity index (χ3v) is 4.62. The summed E-state index contributed by atoms with van der Waals surface area (Å²) in [7, 11) is 0. The van der Waals surface area contributed by atoms with Gasteiger partial charge < -0.3 is 4.98 Å². The van der Waals surface area contributed by atoms with Crippen LogP contribution in [0.3, 0.4) is 0 Å². The summed E-state index contributed by atoms with van der Waals surface area (Å²) in [5, 5.41) is 8.32. The Morgan fingerprint density at radius 1 is 1.36 bits per heavy atom. The molecule has 6 nitrogen and oxygen atoms in total. The first kappa shape index (κ1) is 13.2. The van der Waals surface area contributed by atoms with Crippen molar-refractivity contribution in [3.63, 3.8) is 0 Å². The van der Waals surface area contributed by atoms with E-state index in [1.165, 1.54) is 6.42 Å². The molecular weight excluding hydrogens is 280 g/mol. The Morgan fingerprint density at radius 2 is 2.18 bits per heavy atom. The molecule has 22 heavy (non-hydrogen) atoms. The third kappa shape index (κ3) is 1.73. The van der Waals surface area contributed by atoms with Gasteiger partial charge in [0.05, 0.1) is 11.0 Å². The molecule has 112 valence electrons. The van der Waals surface area contributed by atoms with Crippen molar-refractivity contribution in [2.75, 3.05) is 0 Å². The molecule has 0 amide bonds. The SMILES string of the molecule is CCc1cc2c(cc1C=O)[nH]c(=O)c1nnc(C3CCC3)n12. The molecule has 4 rings (SSSR count). The van der Waals surface area contributed by atoms with E-state index in [-0.39, 0.29) is 5.56 Å². The van der Waals surface area contributed by atoms with Gasteiger partial charge in [-0.1, -0.05) is 13.3 Å². The lowest BCUT2D eigenvalue weighted by molar-refractivity contribution is 0.112. The van der Waals surface area contributed by atoms with Crippen molar-refractivity contribution >= 4 is 23.0 Å². The van der Waals surface area contributed by atoms with E-state index < -0.39 is 0 Å². The van der Waals surface area contributed by atoms with E-state index in [2.05, 4.69) is 15.2 Å². The van der Waals surface area contributed by atoms with Crippen LogP contribution in [0.1, 0.15) is 53.8 Å². The zero-order chi connectivity index (χ0) is 15.3. The number of fused-ring (bicyclic) bond motifs is 3. The molecule has 0 spiro atoms. The first-order chi connectivity index (χ1) is 10.7. The fourth-order valence-corrected chi connectivity index (χ4v) is 3.14. The second kappa shape index (κ2) is 4.76. The summed E-state index contributed by atoms with van der Waals surface area (Å²) >= 11 is 0. The summed E-state index contributed by atoms with van der Waals surface area (Å²) in [6, 6.07) is 3.71. The van der Waals surface area contributed by atoms with E-state index in [0.717, 1.165) is 42.5 Å². The van der Waals surface area contributed by atoms with Gasteiger partial charge in [-0.05, 0) is 37.0 Å². The number of hydrogen-bond acceptors (Lipinski definition) is 4. The van der Waals surface area contributed by atoms with E-state index in [1.807, 2.05) is 17.4 Å². The maximum absolute atomic E-state index is 12.2. The summed E-state index contributed by atoms with van der Waals surface area (Å²) in [4.78, 5) is 26.3.